The van der Waals surface area contributed by atoms with Gasteiger partial charge in [0.25, 0.3) is 0 Å². The SMILES string of the molecule is CC(C)(C)NC(=O)CC(NC(C)(C)C)C(=O)O. The van der Waals surface area contributed by atoms with Crippen LogP contribution in [0.4, 0.5) is 0 Å². The summed E-state index contributed by atoms with van der Waals surface area (Å²) in [7, 11) is 0. The molecule has 0 aliphatic rings. The maximum atomic E-state index is 11.6. The molecule has 1 atom stereocenters. The molecule has 0 radical (unpaired) electrons. The lowest BCUT2D eigenvalue weighted by molar-refractivity contribution is -0.142. The lowest BCUT2D eigenvalue weighted by Gasteiger charge is -2.27. The van der Waals surface area contributed by atoms with Crippen molar-refractivity contribution in [3.8, 4) is 0 Å². The van der Waals surface area contributed by atoms with Gasteiger partial charge in [0.1, 0.15) is 6.04 Å². The van der Waals surface area contributed by atoms with Crippen molar-refractivity contribution in [3.63, 3.8) is 0 Å². The lowest BCUT2D eigenvalue weighted by atomic mass is 10.0. The van der Waals surface area contributed by atoms with Gasteiger partial charge in [0.2, 0.25) is 5.91 Å². The Bertz CT molecular complexity index is 287. The van der Waals surface area contributed by atoms with E-state index in [1.165, 1.54) is 0 Å². The highest BCUT2D eigenvalue weighted by molar-refractivity contribution is 5.84. The van der Waals surface area contributed by atoms with Gasteiger partial charge < -0.3 is 10.4 Å². The molecule has 1 amide bonds. The van der Waals surface area contributed by atoms with E-state index in [-0.39, 0.29) is 23.4 Å². The molecule has 3 N–H and O–H groups in total. The molecular formula is C12H24N2O3. The van der Waals surface area contributed by atoms with Crippen molar-refractivity contribution in [2.45, 2.75) is 65.1 Å². The second kappa shape index (κ2) is 5.49. The van der Waals surface area contributed by atoms with Crippen molar-refractivity contribution in [3.05, 3.63) is 0 Å². The van der Waals surface area contributed by atoms with Crippen LogP contribution in [0.15, 0.2) is 0 Å². The Morgan fingerprint density at radius 2 is 1.53 bits per heavy atom. The largest absolute Gasteiger partial charge is 0.480 e. The first kappa shape index (κ1) is 15.9. The maximum Gasteiger partial charge on any atom is 0.321 e. The zero-order valence-electron chi connectivity index (χ0n) is 11.5. The van der Waals surface area contributed by atoms with E-state index in [0.29, 0.717) is 0 Å². The van der Waals surface area contributed by atoms with Gasteiger partial charge in [0.15, 0.2) is 0 Å². The molecular weight excluding hydrogens is 220 g/mol. The third kappa shape index (κ3) is 8.68. The Morgan fingerprint density at radius 1 is 1.06 bits per heavy atom. The van der Waals surface area contributed by atoms with E-state index in [0.717, 1.165) is 0 Å². The van der Waals surface area contributed by atoms with Crippen LogP contribution in [0.1, 0.15) is 48.0 Å². The van der Waals surface area contributed by atoms with Crippen LogP contribution in [0.5, 0.6) is 0 Å². The van der Waals surface area contributed by atoms with E-state index in [4.69, 9.17) is 5.11 Å². The van der Waals surface area contributed by atoms with Gasteiger partial charge in [0.05, 0.1) is 6.42 Å². The molecule has 0 aromatic rings. The number of amides is 1. The Labute approximate surface area is 103 Å². The molecule has 0 aliphatic heterocycles. The van der Waals surface area contributed by atoms with Gasteiger partial charge >= 0.3 is 5.97 Å². The summed E-state index contributed by atoms with van der Waals surface area (Å²) < 4.78 is 0. The summed E-state index contributed by atoms with van der Waals surface area (Å²) in [6, 6.07) is -0.864. The summed E-state index contributed by atoms with van der Waals surface area (Å²) in [6.07, 6.45) is -0.0656. The smallest absolute Gasteiger partial charge is 0.321 e. The van der Waals surface area contributed by atoms with Crippen molar-refractivity contribution >= 4 is 11.9 Å². The van der Waals surface area contributed by atoms with Gasteiger partial charge in [0, 0.05) is 11.1 Å². The Morgan fingerprint density at radius 3 is 1.82 bits per heavy atom. The minimum absolute atomic E-state index is 0.0656. The predicted octanol–water partition coefficient (Wildman–Crippen LogP) is 1.13. The van der Waals surface area contributed by atoms with Crippen molar-refractivity contribution < 1.29 is 14.7 Å². The van der Waals surface area contributed by atoms with Gasteiger partial charge in [-0.25, -0.2) is 0 Å². The number of aliphatic carboxylic acids is 1. The van der Waals surface area contributed by atoms with Crippen LogP contribution in [-0.4, -0.2) is 34.1 Å². The van der Waals surface area contributed by atoms with E-state index < -0.39 is 12.0 Å². The zero-order valence-corrected chi connectivity index (χ0v) is 11.5. The molecule has 0 aromatic heterocycles. The van der Waals surface area contributed by atoms with Gasteiger partial charge in [-0.15, -0.1) is 0 Å². The zero-order chi connectivity index (χ0) is 13.9. The van der Waals surface area contributed by atoms with Crippen molar-refractivity contribution in [1.82, 2.24) is 10.6 Å². The number of nitrogens with one attached hydrogen (secondary N) is 2. The van der Waals surface area contributed by atoms with Crippen LogP contribution in [0.25, 0.3) is 0 Å². The van der Waals surface area contributed by atoms with Crippen LogP contribution in [0.3, 0.4) is 0 Å². The Balaban J connectivity index is 4.47. The summed E-state index contributed by atoms with van der Waals surface area (Å²) in [6.45, 7) is 11.2. The minimum atomic E-state index is -1.01. The Kier molecular flexibility index (Phi) is 5.13. The highest BCUT2D eigenvalue weighted by Gasteiger charge is 2.26. The fourth-order valence-corrected chi connectivity index (χ4v) is 1.38. The van der Waals surface area contributed by atoms with Gasteiger partial charge in [-0.1, -0.05) is 0 Å². The van der Waals surface area contributed by atoms with E-state index in [9.17, 15) is 9.59 Å². The second-order valence-electron chi connectivity index (χ2n) is 6.29. The van der Waals surface area contributed by atoms with E-state index in [1.807, 2.05) is 41.5 Å². The van der Waals surface area contributed by atoms with Crippen LogP contribution in [0.2, 0.25) is 0 Å². The fraction of sp³-hybridized carbons (Fsp3) is 0.833. The van der Waals surface area contributed by atoms with Crippen molar-refractivity contribution in [2.24, 2.45) is 0 Å². The molecule has 0 heterocycles. The van der Waals surface area contributed by atoms with Crippen LogP contribution in [0, 0.1) is 0 Å². The lowest BCUT2D eigenvalue weighted by Crippen LogP contribution is -2.51. The van der Waals surface area contributed by atoms with Crippen molar-refractivity contribution in [2.75, 3.05) is 0 Å². The molecule has 17 heavy (non-hydrogen) atoms. The third-order valence-electron chi connectivity index (χ3n) is 1.81. The van der Waals surface area contributed by atoms with Gasteiger partial charge in [-0.2, -0.15) is 0 Å². The predicted molar refractivity (Wildman–Crippen MR) is 66.8 cm³/mol. The second-order valence-corrected chi connectivity index (χ2v) is 6.29. The van der Waals surface area contributed by atoms with E-state index >= 15 is 0 Å². The molecule has 0 saturated heterocycles. The molecule has 0 saturated carbocycles. The van der Waals surface area contributed by atoms with Crippen LogP contribution >= 0.6 is 0 Å². The molecule has 0 spiro atoms. The number of carbonyl (C=O) groups is 2. The fourth-order valence-electron chi connectivity index (χ4n) is 1.38. The Hall–Kier alpha value is -1.10. The average molecular weight is 244 g/mol. The third-order valence-corrected chi connectivity index (χ3v) is 1.81. The summed E-state index contributed by atoms with van der Waals surface area (Å²) in [5.74, 6) is -1.27. The normalized spacial score (nSPS) is 14.2. The monoisotopic (exact) mass is 244 g/mol. The summed E-state index contributed by atoms with van der Waals surface area (Å²) >= 11 is 0. The first-order valence-electron chi connectivity index (χ1n) is 5.72. The number of hydrogen-bond donors (Lipinski definition) is 3. The summed E-state index contributed by atoms with van der Waals surface area (Å²) in [5.41, 5.74) is -0.688. The number of rotatable bonds is 4. The molecule has 0 aromatic carbocycles. The maximum absolute atomic E-state index is 11.6. The molecule has 5 nitrogen and oxygen atoms in total. The van der Waals surface area contributed by atoms with Gasteiger partial charge in [-0.05, 0) is 41.5 Å². The van der Waals surface area contributed by atoms with Crippen LogP contribution < -0.4 is 10.6 Å². The topological polar surface area (TPSA) is 78.4 Å². The highest BCUT2D eigenvalue weighted by Crippen LogP contribution is 2.06. The standard InChI is InChI=1S/C12H24N2O3/c1-11(2,3)13-8(10(16)17)7-9(15)14-12(4,5)6/h8,13H,7H2,1-6H3,(H,14,15)(H,16,17). The van der Waals surface area contributed by atoms with E-state index in [2.05, 4.69) is 10.6 Å². The molecule has 0 rings (SSSR count). The summed E-state index contributed by atoms with van der Waals surface area (Å²) in [4.78, 5) is 22.7. The van der Waals surface area contributed by atoms with E-state index in [1.54, 1.807) is 0 Å². The number of carboxylic acids is 1. The molecule has 0 aliphatic carbocycles. The highest BCUT2D eigenvalue weighted by atomic mass is 16.4. The molecule has 100 valence electrons. The number of carboxylic acid groups (broad SMARTS) is 1. The first-order valence-corrected chi connectivity index (χ1v) is 5.72. The van der Waals surface area contributed by atoms with Gasteiger partial charge in [-0.3, -0.25) is 14.9 Å². The quantitative estimate of drug-likeness (QED) is 0.693. The molecule has 1 unspecified atom stereocenters. The number of hydrogen-bond acceptors (Lipinski definition) is 3. The molecule has 5 heteroatoms. The van der Waals surface area contributed by atoms with Crippen molar-refractivity contribution in [1.29, 1.82) is 0 Å². The summed E-state index contributed by atoms with van der Waals surface area (Å²) in [5, 5.41) is 14.7. The first-order chi connectivity index (χ1) is 7.41. The molecule has 0 bridgehead atoms. The van der Waals surface area contributed by atoms with Crippen LogP contribution in [-0.2, 0) is 9.59 Å². The minimum Gasteiger partial charge on any atom is -0.480 e. The average Bonchev–Trinajstić information content (AvgIpc) is 1.95. The number of carbonyl (C=O) groups excluding carboxylic acids is 1. The molecule has 0 fully saturated rings.